The maximum atomic E-state index is 13.8. The van der Waals surface area contributed by atoms with Crippen molar-refractivity contribution in [3.05, 3.63) is 57.3 Å². The van der Waals surface area contributed by atoms with Crippen LogP contribution in [0.3, 0.4) is 0 Å². The first-order valence-electron chi connectivity index (χ1n) is 8.83. The number of aliphatic hydroxyl groups excluding tert-OH is 1. The van der Waals surface area contributed by atoms with Gasteiger partial charge in [0.1, 0.15) is 11.5 Å². The molecule has 0 spiro atoms. The quantitative estimate of drug-likeness (QED) is 0.650. The summed E-state index contributed by atoms with van der Waals surface area (Å²) < 4.78 is 51.9. The normalized spacial score (nSPS) is 15.4. The Morgan fingerprint density at radius 1 is 1.28 bits per heavy atom. The van der Waals surface area contributed by atoms with Crippen molar-refractivity contribution in [2.75, 3.05) is 24.6 Å². The second-order valence-electron chi connectivity index (χ2n) is 6.59. The number of alkyl halides is 3. The molecular formula is C18H18F4N4O3. The molecule has 11 heteroatoms. The van der Waals surface area contributed by atoms with E-state index in [4.69, 9.17) is 0 Å². The minimum absolute atomic E-state index is 0.0593. The summed E-state index contributed by atoms with van der Waals surface area (Å²) in [5.41, 5.74) is -2.28. The van der Waals surface area contributed by atoms with E-state index in [0.717, 1.165) is 25.0 Å². The number of aliphatic hydroxyl groups is 1. The monoisotopic (exact) mass is 414 g/mol. The Morgan fingerprint density at radius 3 is 2.55 bits per heavy atom. The van der Waals surface area contributed by atoms with Crippen molar-refractivity contribution in [1.82, 2.24) is 15.3 Å². The summed E-state index contributed by atoms with van der Waals surface area (Å²) in [5.74, 6) is -2.11. The molecule has 1 aliphatic heterocycles. The van der Waals surface area contributed by atoms with Crippen LogP contribution >= 0.6 is 0 Å². The highest BCUT2D eigenvalue weighted by atomic mass is 19.4. The number of benzene rings is 1. The van der Waals surface area contributed by atoms with Crippen LogP contribution in [0.25, 0.3) is 0 Å². The van der Waals surface area contributed by atoms with E-state index in [2.05, 4.69) is 15.3 Å². The lowest BCUT2D eigenvalue weighted by atomic mass is 10.0. The van der Waals surface area contributed by atoms with E-state index in [-0.39, 0.29) is 17.2 Å². The third-order valence-corrected chi connectivity index (χ3v) is 4.56. The Bertz CT molecular complexity index is 955. The molecule has 7 nitrogen and oxygen atoms in total. The number of nitrogens with zero attached hydrogens (tertiary/aromatic N) is 2. The van der Waals surface area contributed by atoms with Gasteiger partial charge in [-0.15, -0.1) is 0 Å². The van der Waals surface area contributed by atoms with Crippen LogP contribution < -0.4 is 15.8 Å². The smallest absolute Gasteiger partial charge is 0.394 e. The van der Waals surface area contributed by atoms with Crippen LogP contribution in [0.5, 0.6) is 0 Å². The number of anilines is 1. The molecule has 0 saturated carbocycles. The van der Waals surface area contributed by atoms with E-state index in [1.54, 1.807) is 0 Å². The van der Waals surface area contributed by atoms with Crippen molar-refractivity contribution in [3.63, 3.8) is 0 Å². The number of rotatable bonds is 5. The van der Waals surface area contributed by atoms with Gasteiger partial charge in [0, 0.05) is 19.2 Å². The maximum Gasteiger partial charge on any atom is 0.419 e. The second kappa shape index (κ2) is 8.19. The van der Waals surface area contributed by atoms with Crippen LogP contribution in [0.2, 0.25) is 0 Å². The average molecular weight is 414 g/mol. The van der Waals surface area contributed by atoms with Crippen LogP contribution in [0.1, 0.15) is 40.5 Å². The van der Waals surface area contributed by atoms with Gasteiger partial charge in [-0.3, -0.25) is 14.6 Å². The molecule has 2 aromatic rings. The number of aromatic amines is 1. The van der Waals surface area contributed by atoms with Gasteiger partial charge in [0.15, 0.2) is 0 Å². The highest BCUT2D eigenvalue weighted by Gasteiger charge is 2.34. The molecule has 29 heavy (non-hydrogen) atoms. The van der Waals surface area contributed by atoms with E-state index in [1.165, 1.54) is 0 Å². The number of aromatic nitrogens is 2. The molecule has 3 N–H and O–H groups in total. The summed E-state index contributed by atoms with van der Waals surface area (Å²) in [5, 5.41) is 11.9. The summed E-state index contributed by atoms with van der Waals surface area (Å²) in [4.78, 5) is 32.8. The Kier molecular flexibility index (Phi) is 5.87. The van der Waals surface area contributed by atoms with Crippen molar-refractivity contribution < 1.29 is 27.5 Å². The first kappa shape index (κ1) is 20.8. The lowest BCUT2D eigenvalue weighted by Crippen LogP contribution is -2.33. The van der Waals surface area contributed by atoms with Gasteiger partial charge in [-0.2, -0.15) is 13.2 Å². The van der Waals surface area contributed by atoms with E-state index >= 15 is 0 Å². The molecule has 1 amide bonds. The van der Waals surface area contributed by atoms with Crippen LogP contribution in [0, 0.1) is 5.82 Å². The van der Waals surface area contributed by atoms with Crippen LogP contribution in [-0.2, 0) is 6.18 Å². The zero-order chi connectivity index (χ0) is 21.2. The first-order valence-corrected chi connectivity index (χ1v) is 8.83. The van der Waals surface area contributed by atoms with Gasteiger partial charge >= 0.3 is 6.18 Å². The molecule has 156 valence electrons. The summed E-state index contributed by atoms with van der Waals surface area (Å²) in [6.07, 6.45) is -3.01. The molecule has 1 atom stereocenters. The highest BCUT2D eigenvalue weighted by Crippen LogP contribution is 2.32. The molecule has 1 aromatic carbocycles. The minimum Gasteiger partial charge on any atom is -0.394 e. The predicted octanol–water partition coefficient (Wildman–Crippen LogP) is 1.99. The lowest BCUT2D eigenvalue weighted by molar-refractivity contribution is -0.140. The molecule has 3 rings (SSSR count). The highest BCUT2D eigenvalue weighted by molar-refractivity contribution is 5.92. The number of hydrogen-bond donors (Lipinski definition) is 3. The van der Waals surface area contributed by atoms with Gasteiger partial charge in [-0.05, 0) is 30.5 Å². The molecule has 0 aliphatic carbocycles. The average Bonchev–Trinajstić information content (AvgIpc) is 3.19. The Labute approximate surface area is 162 Å². The molecule has 1 saturated heterocycles. The summed E-state index contributed by atoms with van der Waals surface area (Å²) in [6.45, 7) is 0.662. The summed E-state index contributed by atoms with van der Waals surface area (Å²) in [7, 11) is 0. The van der Waals surface area contributed by atoms with Gasteiger partial charge in [-0.25, -0.2) is 9.37 Å². The SMILES string of the molecule is O=C(NC(CO)c1ccc(C(F)(F)F)c(F)c1)c1cc(=O)[nH]c(N2CCCC2)n1. The maximum absolute atomic E-state index is 13.8. The fourth-order valence-corrected chi connectivity index (χ4v) is 3.08. The predicted molar refractivity (Wildman–Crippen MR) is 95.0 cm³/mol. The minimum atomic E-state index is -4.86. The number of hydrogen-bond acceptors (Lipinski definition) is 5. The van der Waals surface area contributed by atoms with Crippen LogP contribution in [0.15, 0.2) is 29.1 Å². The van der Waals surface area contributed by atoms with Crippen molar-refractivity contribution in [1.29, 1.82) is 0 Å². The fourth-order valence-electron chi connectivity index (χ4n) is 3.08. The van der Waals surface area contributed by atoms with E-state index < -0.39 is 41.7 Å². The Balaban J connectivity index is 1.82. The number of amides is 1. The van der Waals surface area contributed by atoms with Gasteiger partial charge < -0.3 is 15.3 Å². The molecule has 2 heterocycles. The molecule has 0 bridgehead atoms. The van der Waals surface area contributed by atoms with Crippen molar-refractivity contribution >= 4 is 11.9 Å². The van der Waals surface area contributed by atoms with Gasteiger partial charge in [0.05, 0.1) is 18.2 Å². The molecule has 0 radical (unpaired) electrons. The first-order chi connectivity index (χ1) is 13.7. The summed E-state index contributed by atoms with van der Waals surface area (Å²) >= 11 is 0. The largest absolute Gasteiger partial charge is 0.419 e. The standard InChI is InChI=1S/C18H18F4N4O3/c19-12-7-10(3-4-11(12)18(20,21)22)14(9-27)23-16(29)13-8-15(28)25-17(24-13)26-5-1-2-6-26/h3-4,7-8,14,27H,1-2,5-6,9H2,(H,23,29)(H,24,25,28). The number of nitrogens with one attached hydrogen (secondary N) is 2. The summed E-state index contributed by atoms with van der Waals surface area (Å²) in [6, 6.07) is 1.89. The van der Waals surface area contributed by atoms with Crippen molar-refractivity contribution in [3.8, 4) is 0 Å². The number of halogens is 4. The Morgan fingerprint density at radius 2 is 1.97 bits per heavy atom. The van der Waals surface area contributed by atoms with Crippen molar-refractivity contribution in [2.45, 2.75) is 25.1 Å². The second-order valence-corrected chi connectivity index (χ2v) is 6.59. The number of H-pyrrole nitrogens is 1. The number of carbonyl (C=O) groups excluding carboxylic acids is 1. The molecule has 1 aromatic heterocycles. The van der Waals surface area contributed by atoms with Crippen LogP contribution in [-0.4, -0.2) is 40.7 Å². The van der Waals surface area contributed by atoms with E-state index in [9.17, 15) is 32.3 Å². The lowest BCUT2D eigenvalue weighted by Gasteiger charge is -2.19. The molecular weight excluding hydrogens is 396 g/mol. The zero-order valence-corrected chi connectivity index (χ0v) is 15.1. The van der Waals surface area contributed by atoms with Crippen LogP contribution in [0.4, 0.5) is 23.5 Å². The van der Waals surface area contributed by atoms with E-state index in [1.807, 2.05) is 4.90 Å². The third kappa shape index (κ3) is 4.73. The number of carbonyl (C=O) groups is 1. The molecule has 1 fully saturated rings. The van der Waals surface area contributed by atoms with Crippen molar-refractivity contribution in [2.24, 2.45) is 0 Å². The molecule has 1 unspecified atom stereocenters. The Hall–Kier alpha value is -2.95. The topological polar surface area (TPSA) is 98.3 Å². The van der Waals surface area contributed by atoms with Gasteiger partial charge in [-0.1, -0.05) is 6.07 Å². The molecule has 1 aliphatic rings. The zero-order valence-electron chi connectivity index (χ0n) is 15.1. The van der Waals surface area contributed by atoms with Gasteiger partial charge in [0.2, 0.25) is 5.95 Å². The third-order valence-electron chi connectivity index (χ3n) is 4.56. The fraction of sp³-hybridized carbons (Fsp3) is 0.389. The van der Waals surface area contributed by atoms with E-state index in [0.29, 0.717) is 25.2 Å². The van der Waals surface area contributed by atoms with Gasteiger partial charge in [0.25, 0.3) is 11.5 Å².